The molecule has 0 saturated carbocycles. The molecule has 3 aromatic rings. The SMILES string of the molecule is CN(C(=O)N1CC(c2cc(F)ccc2F)=C[C@@]1(CO)c1ccccc1)C1CCCN(c2ccccc2)CC1F. The molecule has 2 unspecified atom stereocenters. The van der Waals surface area contributed by atoms with E-state index < -0.39 is 42.0 Å². The van der Waals surface area contributed by atoms with Gasteiger partial charge >= 0.3 is 6.03 Å². The van der Waals surface area contributed by atoms with Gasteiger partial charge in [-0.05, 0) is 60.4 Å². The zero-order valence-electron chi connectivity index (χ0n) is 21.8. The van der Waals surface area contributed by atoms with Crippen LogP contribution in [-0.4, -0.2) is 66.4 Å². The van der Waals surface area contributed by atoms with Gasteiger partial charge in [-0.1, -0.05) is 48.5 Å². The number of urea groups is 1. The zero-order valence-corrected chi connectivity index (χ0v) is 21.8. The molecule has 0 spiro atoms. The van der Waals surface area contributed by atoms with Crippen LogP contribution in [0.5, 0.6) is 0 Å². The van der Waals surface area contributed by atoms with Gasteiger partial charge in [0.15, 0.2) is 0 Å². The number of para-hydroxylation sites is 1. The lowest BCUT2D eigenvalue weighted by Crippen LogP contribution is -2.56. The number of benzene rings is 3. The summed E-state index contributed by atoms with van der Waals surface area (Å²) in [7, 11) is 1.58. The second-order valence-corrected chi connectivity index (χ2v) is 10.2. The molecule has 1 saturated heterocycles. The topological polar surface area (TPSA) is 47.0 Å². The van der Waals surface area contributed by atoms with E-state index in [-0.39, 0.29) is 18.7 Å². The largest absolute Gasteiger partial charge is 0.393 e. The maximum absolute atomic E-state index is 15.8. The molecule has 0 radical (unpaired) electrons. The summed E-state index contributed by atoms with van der Waals surface area (Å²) in [5.74, 6) is -1.23. The number of halogens is 3. The second kappa shape index (κ2) is 11.1. The quantitative estimate of drug-likeness (QED) is 0.462. The molecule has 8 heteroatoms. The van der Waals surface area contributed by atoms with Crippen molar-refractivity contribution in [2.24, 2.45) is 0 Å². The number of hydrogen-bond donors (Lipinski definition) is 1. The molecular formula is C31H32F3N3O2. The molecule has 2 amide bonds. The monoisotopic (exact) mass is 535 g/mol. The number of aliphatic hydroxyl groups excluding tert-OH is 1. The van der Waals surface area contributed by atoms with Gasteiger partial charge in [-0.3, -0.25) is 0 Å². The van der Waals surface area contributed by atoms with E-state index >= 15 is 4.39 Å². The lowest BCUT2D eigenvalue weighted by molar-refractivity contribution is 0.0672. The van der Waals surface area contributed by atoms with E-state index in [1.54, 1.807) is 37.4 Å². The number of rotatable bonds is 5. The average molecular weight is 536 g/mol. The second-order valence-electron chi connectivity index (χ2n) is 10.2. The van der Waals surface area contributed by atoms with Crippen LogP contribution in [0.1, 0.15) is 24.0 Å². The van der Waals surface area contributed by atoms with E-state index in [1.165, 1.54) is 9.80 Å². The molecule has 39 heavy (non-hydrogen) atoms. The predicted octanol–water partition coefficient (Wildman–Crippen LogP) is 5.61. The number of alkyl halides is 1. The predicted molar refractivity (Wildman–Crippen MR) is 146 cm³/mol. The smallest absolute Gasteiger partial charge is 0.321 e. The van der Waals surface area contributed by atoms with Crippen molar-refractivity contribution in [2.75, 3.05) is 38.2 Å². The van der Waals surface area contributed by atoms with Gasteiger partial charge in [-0.2, -0.15) is 0 Å². The summed E-state index contributed by atoms with van der Waals surface area (Å²) < 4.78 is 44.6. The number of amides is 2. The van der Waals surface area contributed by atoms with Gasteiger partial charge in [0.1, 0.15) is 23.3 Å². The maximum Gasteiger partial charge on any atom is 0.321 e. The highest BCUT2D eigenvalue weighted by molar-refractivity contribution is 5.83. The third-order valence-corrected chi connectivity index (χ3v) is 7.90. The average Bonchev–Trinajstić information content (AvgIpc) is 3.26. The Morgan fingerprint density at radius 3 is 2.44 bits per heavy atom. The summed E-state index contributed by atoms with van der Waals surface area (Å²) in [5.41, 5.74) is 0.628. The molecule has 2 heterocycles. The fourth-order valence-electron chi connectivity index (χ4n) is 5.79. The minimum Gasteiger partial charge on any atom is -0.393 e. The molecule has 0 bridgehead atoms. The lowest BCUT2D eigenvalue weighted by Gasteiger charge is -2.41. The normalized spacial score (nSPS) is 23.4. The van der Waals surface area contributed by atoms with E-state index in [4.69, 9.17) is 0 Å². The van der Waals surface area contributed by atoms with E-state index in [1.807, 2.05) is 41.3 Å². The van der Waals surface area contributed by atoms with Gasteiger partial charge in [-0.15, -0.1) is 0 Å². The summed E-state index contributed by atoms with van der Waals surface area (Å²) in [6, 6.07) is 20.6. The highest BCUT2D eigenvalue weighted by Crippen LogP contribution is 2.41. The first-order chi connectivity index (χ1) is 18.8. The van der Waals surface area contributed by atoms with Crippen molar-refractivity contribution in [1.82, 2.24) is 9.80 Å². The van der Waals surface area contributed by atoms with E-state index in [9.17, 15) is 18.7 Å². The van der Waals surface area contributed by atoms with E-state index in [0.29, 0.717) is 30.5 Å². The maximum atomic E-state index is 15.8. The van der Waals surface area contributed by atoms with Crippen molar-refractivity contribution in [3.8, 4) is 0 Å². The summed E-state index contributed by atoms with van der Waals surface area (Å²) in [5, 5.41) is 10.7. The van der Waals surface area contributed by atoms with Crippen molar-refractivity contribution >= 4 is 17.3 Å². The van der Waals surface area contributed by atoms with Crippen LogP contribution >= 0.6 is 0 Å². The minimum atomic E-state index is -1.33. The van der Waals surface area contributed by atoms with Crippen molar-refractivity contribution < 1.29 is 23.1 Å². The highest BCUT2D eigenvalue weighted by atomic mass is 19.1. The van der Waals surface area contributed by atoms with Crippen LogP contribution in [0.25, 0.3) is 5.57 Å². The Balaban J connectivity index is 1.46. The van der Waals surface area contributed by atoms with E-state index in [0.717, 1.165) is 23.9 Å². The van der Waals surface area contributed by atoms with Gasteiger partial charge in [0, 0.05) is 31.4 Å². The number of carbonyl (C=O) groups excluding carboxylic acids is 1. The summed E-state index contributed by atoms with van der Waals surface area (Å²) in [4.78, 5) is 18.9. The van der Waals surface area contributed by atoms with Crippen molar-refractivity contribution in [3.63, 3.8) is 0 Å². The third-order valence-electron chi connectivity index (χ3n) is 7.90. The Morgan fingerprint density at radius 1 is 1.05 bits per heavy atom. The first-order valence-electron chi connectivity index (χ1n) is 13.2. The third kappa shape index (κ3) is 5.13. The number of aliphatic hydroxyl groups is 1. The summed E-state index contributed by atoms with van der Waals surface area (Å²) in [6.07, 6.45) is 1.48. The highest BCUT2D eigenvalue weighted by Gasteiger charge is 2.47. The van der Waals surface area contributed by atoms with Crippen LogP contribution in [-0.2, 0) is 5.54 Å². The number of anilines is 1. The van der Waals surface area contributed by atoms with Crippen LogP contribution in [0.15, 0.2) is 84.9 Å². The molecule has 5 rings (SSSR count). The molecular weight excluding hydrogens is 503 g/mol. The fourth-order valence-corrected chi connectivity index (χ4v) is 5.79. The molecule has 2 aliphatic heterocycles. The summed E-state index contributed by atoms with van der Waals surface area (Å²) in [6.45, 7) is 0.261. The van der Waals surface area contributed by atoms with E-state index in [2.05, 4.69) is 0 Å². The first kappa shape index (κ1) is 26.8. The van der Waals surface area contributed by atoms with Crippen LogP contribution in [0.3, 0.4) is 0 Å². The molecule has 3 aromatic carbocycles. The molecule has 5 nitrogen and oxygen atoms in total. The first-order valence-corrected chi connectivity index (χ1v) is 13.2. The number of carbonyl (C=O) groups is 1. The van der Waals surface area contributed by atoms with Crippen LogP contribution in [0.4, 0.5) is 23.7 Å². The molecule has 204 valence electrons. The van der Waals surface area contributed by atoms with Crippen LogP contribution < -0.4 is 4.90 Å². The summed E-state index contributed by atoms with van der Waals surface area (Å²) >= 11 is 0. The molecule has 2 aliphatic rings. The minimum absolute atomic E-state index is 0.0260. The van der Waals surface area contributed by atoms with Crippen molar-refractivity contribution in [3.05, 3.63) is 108 Å². The van der Waals surface area contributed by atoms with Crippen LogP contribution in [0, 0.1) is 11.6 Å². The van der Waals surface area contributed by atoms with Gasteiger partial charge in [-0.25, -0.2) is 18.0 Å². The Bertz CT molecular complexity index is 1340. The lowest BCUT2D eigenvalue weighted by atomic mass is 9.89. The number of nitrogens with zero attached hydrogens (tertiary/aromatic N) is 3. The Kier molecular flexibility index (Phi) is 7.66. The Labute approximate surface area is 226 Å². The van der Waals surface area contributed by atoms with Gasteiger partial charge < -0.3 is 19.8 Å². The molecule has 0 aromatic heterocycles. The Hall–Kier alpha value is -3.78. The fraction of sp³-hybridized carbons (Fsp3) is 0.323. The molecule has 0 aliphatic carbocycles. The van der Waals surface area contributed by atoms with Gasteiger partial charge in [0.05, 0.1) is 19.2 Å². The number of hydrogen-bond acceptors (Lipinski definition) is 3. The van der Waals surface area contributed by atoms with Crippen molar-refractivity contribution in [2.45, 2.75) is 30.6 Å². The van der Waals surface area contributed by atoms with Gasteiger partial charge in [0.25, 0.3) is 0 Å². The van der Waals surface area contributed by atoms with Crippen molar-refractivity contribution in [1.29, 1.82) is 0 Å². The van der Waals surface area contributed by atoms with Gasteiger partial charge in [0.2, 0.25) is 0 Å². The molecule has 1 N–H and O–H groups in total. The Morgan fingerprint density at radius 2 is 1.74 bits per heavy atom. The van der Waals surface area contributed by atoms with Crippen LogP contribution in [0.2, 0.25) is 0 Å². The molecule has 3 atom stereocenters. The molecule has 1 fully saturated rings. The standard InChI is InChI=1S/C31H32F3N3O2/c1-35(29-13-8-16-36(20-28(29)34)25-11-6-3-7-12-25)30(39)37-19-22(26-17-24(32)14-15-27(26)33)18-31(37,21-38)23-9-4-2-5-10-23/h2-7,9-12,14-15,17-18,28-29,38H,8,13,16,19-21H2,1H3/t28?,29?,31-/m1/s1. The zero-order chi connectivity index (χ0) is 27.6.